The molecule has 1 saturated heterocycles. The van der Waals surface area contributed by atoms with E-state index in [-0.39, 0.29) is 5.91 Å². The largest absolute Gasteiger partial charge is 0.381 e. The Morgan fingerprint density at radius 2 is 1.94 bits per heavy atom. The highest BCUT2D eigenvalue weighted by molar-refractivity contribution is 5.84. The van der Waals surface area contributed by atoms with Crippen molar-refractivity contribution in [2.75, 3.05) is 31.1 Å². The lowest BCUT2D eigenvalue weighted by molar-refractivity contribution is -0.148. The fourth-order valence-corrected chi connectivity index (χ4v) is 2.07. The first-order valence-corrected chi connectivity index (χ1v) is 6.16. The zero-order chi connectivity index (χ0) is 13.2. The van der Waals surface area contributed by atoms with Crippen LogP contribution in [0.2, 0.25) is 0 Å². The Labute approximate surface area is 107 Å². The molecule has 1 N–H and O–H groups in total. The molecule has 0 unspecified atom stereocenters. The molecule has 0 aliphatic carbocycles. The SMILES string of the molecule is CC(C)(O)C(=O)N1CCN(c2ccccn2)CC1. The van der Waals surface area contributed by atoms with E-state index in [0.29, 0.717) is 13.1 Å². The van der Waals surface area contributed by atoms with Crippen molar-refractivity contribution in [2.45, 2.75) is 19.4 Å². The van der Waals surface area contributed by atoms with Gasteiger partial charge in [0.2, 0.25) is 0 Å². The predicted octanol–water partition coefficient (Wildman–Crippen LogP) is 0.501. The van der Waals surface area contributed by atoms with Gasteiger partial charge in [0, 0.05) is 32.4 Å². The number of anilines is 1. The third kappa shape index (κ3) is 2.79. The Balaban J connectivity index is 1.95. The van der Waals surface area contributed by atoms with E-state index in [0.717, 1.165) is 18.9 Å². The topological polar surface area (TPSA) is 56.7 Å². The molecule has 0 spiro atoms. The van der Waals surface area contributed by atoms with Crippen molar-refractivity contribution in [1.29, 1.82) is 0 Å². The van der Waals surface area contributed by atoms with Gasteiger partial charge in [-0.2, -0.15) is 0 Å². The molecule has 1 aromatic rings. The van der Waals surface area contributed by atoms with Gasteiger partial charge in [-0.25, -0.2) is 4.98 Å². The van der Waals surface area contributed by atoms with E-state index in [2.05, 4.69) is 9.88 Å². The van der Waals surface area contributed by atoms with Crippen LogP contribution in [0.3, 0.4) is 0 Å². The number of carbonyl (C=O) groups is 1. The van der Waals surface area contributed by atoms with E-state index in [4.69, 9.17) is 0 Å². The molecule has 1 amide bonds. The Morgan fingerprint density at radius 1 is 1.28 bits per heavy atom. The number of carbonyl (C=O) groups excluding carboxylic acids is 1. The second-order valence-electron chi connectivity index (χ2n) is 5.03. The minimum absolute atomic E-state index is 0.205. The molecule has 0 saturated carbocycles. The quantitative estimate of drug-likeness (QED) is 0.829. The molecule has 2 heterocycles. The van der Waals surface area contributed by atoms with Gasteiger partial charge in [0.15, 0.2) is 0 Å². The molecular weight excluding hydrogens is 230 g/mol. The summed E-state index contributed by atoms with van der Waals surface area (Å²) in [5.41, 5.74) is -1.28. The molecule has 1 aliphatic rings. The summed E-state index contributed by atoms with van der Waals surface area (Å²) in [5.74, 6) is 0.732. The molecular formula is C13H19N3O2. The van der Waals surface area contributed by atoms with Crippen LogP contribution in [0.1, 0.15) is 13.8 Å². The molecule has 2 rings (SSSR count). The van der Waals surface area contributed by atoms with Gasteiger partial charge in [-0.3, -0.25) is 4.79 Å². The second-order valence-corrected chi connectivity index (χ2v) is 5.03. The summed E-state index contributed by atoms with van der Waals surface area (Å²) in [6, 6.07) is 5.81. The maximum absolute atomic E-state index is 11.9. The number of hydrogen-bond donors (Lipinski definition) is 1. The molecule has 0 bridgehead atoms. The van der Waals surface area contributed by atoms with Gasteiger partial charge < -0.3 is 14.9 Å². The third-order valence-corrected chi connectivity index (χ3v) is 3.06. The van der Waals surface area contributed by atoms with Crippen LogP contribution in [-0.2, 0) is 4.79 Å². The number of amides is 1. The Bertz CT molecular complexity index is 406. The van der Waals surface area contributed by atoms with Crippen molar-refractivity contribution in [3.8, 4) is 0 Å². The van der Waals surface area contributed by atoms with Gasteiger partial charge in [0.25, 0.3) is 5.91 Å². The highest BCUT2D eigenvalue weighted by Crippen LogP contribution is 2.15. The van der Waals surface area contributed by atoms with Gasteiger partial charge in [-0.05, 0) is 26.0 Å². The molecule has 1 aliphatic heterocycles. The summed E-state index contributed by atoms with van der Waals surface area (Å²) in [7, 11) is 0. The number of aliphatic hydroxyl groups is 1. The van der Waals surface area contributed by atoms with Crippen molar-refractivity contribution in [3.05, 3.63) is 24.4 Å². The molecule has 98 valence electrons. The summed E-state index contributed by atoms with van der Waals surface area (Å²) in [5, 5.41) is 9.70. The molecule has 5 heteroatoms. The number of piperazine rings is 1. The van der Waals surface area contributed by atoms with E-state index in [1.165, 1.54) is 13.8 Å². The Kier molecular flexibility index (Phi) is 3.52. The highest BCUT2D eigenvalue weighted by atomic mass is 16.3. The molecule has 0 atom stereocenters. The van der Waals surface area contributed by atoms with Gasteiger partial charge in [0.05, 0.1) is 0 Å². The van der Waals surface area contributed by atoms with Crippen LogP contribution in [0.4, 0.5) is 5.82 Å². The van der Waals surface area contributed by atoms with Crippen molar-refractivity contribution in [2.24, 2.45) is 0 Å². The Hall–Kier alpha value is -1.62. The molecule has 1 aromatic heterocycles. The fourth-order valence-electron chi connectivity index (χ4n) is 2.07. The first kappa shape index (κ1) is 12.8. The normalized spacial score (nSPS) is 16.8. The number of aromatic nitrogens is 1. The van der Waals surface area contributed by atoms with Crippen LogP contribution in [0, 0.1) is 0 Å². The molecule has 0 aromatic carbocycles. The maximum atomic E-state index is 11.9. The molecule has 5 nitrogen and oxygen atoms in total. The zero-order valence-corrected chi connectivity index (χ0v) is 10.8. The standard InChI is InChI=1S/C13H19N3O2/c1-13(2,18)12(17)16-9-7-15(8-10-16)11-5-3-4-6-14-11/h3-6,18H,7-10H2,1-2H3. The minimum Gasteiger partial charge on any atom is -0.381 e. The first-order valence-electron chi connectivity index (χ1n) is 6.16. The van der Waals surface area contributed by atoms with Crippen LogP contribution < -0.4 is 4.90 Å². The van der Waals surface area contributed by atoms with E-state index in [1.54, 1.807) is 11.1 Å². The molecule has 1 fully saturated rings. The van der Waals surface area contributed by atoms with Crippen molar-refractivity contribution >= 4 is 11.7 Å². The number of nitrogens with zero attached hydrogens (tertiary/aromatic N) is 3. The van der Waals surface area contributed by atoms with Gasteiger partial charge in [-0.1, -0.05) is 6.07 Å². The average Bonchev–Trinajstić information content (AvgIpc) is 2.38. The summed E-state index contributed by atoms with van der Waals surface area (Å²) < 4.78 is 0. The highest BCUT2D eigenvalue weighted by Gasteiger charge is 2.31. The molecule has 18 heavy (non-hydrogen) atoms. The van der Waals surface area contributed by atoms with E-state index in [9.17, 15) is 9.90 Å². The van der Waals surface area contributed by atoms with Gasteiger partial charge in [-0.15, -0.1) is 0 Å². The summed E-state index contributed by atoms with van der Waals surface area (Å²) in [6.45, 7) is 5.80. The predicted molar refractivity (Wildman–Crippen MR) is 69.3 cm³/mol. The van der Waals surface area contributed by atoms with Crippen LogP contribution in [0.5, 0.6) is 0 Å². The van der Waals surface area contributed by atoms with E-state index < -0.39 is 5.60 Å². The zero-order valence-electron chi connectivity index (χ0n) is 10.8. The monoisotopic (exact) mass is 249 g/mol. The van der Waals surface area contributed by atoms with Crippen LogP contribution in [0.15, 0.2) is 24.4 Å². The average molecular weight is 249 g/mol. The van der Waals surface area contributed by atoms with Gasteiger partial charge in [0.1, 0.15) is 11.4 Å². The lowest BCUT2D eigenvalue weighted by Crippen LogP contribution is -2.54. The smallest absolute Gasteiger partial charge is 0.254 e. The fraction of sp³-hybridized carbons (Fsp3) is 0.538. The van der Waals surface area contributed by atoms with Crippen molar-refractivity contribution < 1.29 is 9.90 Å². The summed E-state index contributed by atoms with van der Waals surface area (Å²) >= 11 is 0. The lowest BCUT2D eigenvalue weighted by Gasteiger charge is -2.37. The van der Waals surface area contributed by atoms with Crippen LogP contribution >= 0.6 is 0 Å². The number of rotatable bonds is 2. The number of pyridine rings is 1. The third-order valence-electron chi connectivity index (χ3n) is 3.06. The van der Waals surface area contributed by atoms with Crippen molar-refractivity contribution in [1.82, 2.24) is 9.88 Å². The summed E-state index contributed by atoms with van der Waals surface area (Å²) in [4.78, 5) is 20.1. The Morgan fingerprint density at radius 3 is 2.44 bits per heavy atom. The van der Waals surface area contributed by atoms with Crippen molar-refractivity contribution in [3.63, 3.8) is 0 Å². The lowest BCUT2D eigenvalue weighted by atomic mass is 10.1. The first-order chi connectivity index (χ1) is 8.48. The summed E-state index contributed by atoms with van der Waals surface area (Å²) in [6.07, 6.45) is 1.77. The minimum atomic E-state index is -1.28. The van der Waals surface area contributed by atoms with Gasteiger partial charge >= 0.3 is 0 Å². The molecule has 0 radical (unpaired) electrons. The number of hydrogen-bond acceptors (Lipinski definition) is 4. The maximum Gasteiger partial charge on any atom is 0.254 e. The van der Waals surface area contributed by atoms with E-state index >= 15 is 0 Å². The van der Waals surface area contributed by atoms with Crippen LogP contribution in [0.25, 0.3) is 0 Å². The van der Waals surface area contributed by atoms with Crippen LogP contribution in [-0.4, -0.2) is 52.7 Å². The second kappa shape index (κ2) is 4.94. The van der Waals surface area contributed by atoms with E-state index in [1.807, 2.05) is 18.2 Å².